The van der Waals surface area contributed by atoms with Crippen molar-refractivity contribution in [3.8, 4) is 0 Å². The van der Waals surface area contributed by atoms with Crippen LogP contribution in [0.2, 0.25) is 0 Å². The van der Waals surface area contributed by atoms with Crippen LogP contribution in [0.25, 0.3) is 0 Å². The van der Waals surface area contributed by atoms with Crippen LogP contribution < -0.4 is 4.90 Å². The first-order chi connectivity index (χ1) is 9.11. The summed E-state index contributed by atoms with van der Waals surface area (Å²) in [6, 6.07) is 5.00. The molecule has 1 unspecified atom stereocenters. The number of anilines is 1. The maximum Gasteiger partial charge on any atom is 0.269 e. The molecule has 1 atom stereocenters. The zero-order valence-corrected chi connectivity index (χ0v) is 11.0. The summed E-state index contributed by atoms with van der Waals surface area (Å²) in [5.74, 6) is 0. The SMILES string of the molecule is C=CCOC1CCN(c2ccc([N+](=O)[O-])cc2C)C1. The Kier molecular flexibility index (Phi) is 4.16. The molecule has 102 valence electrons. The second-order valence-corrected chi connectivity index (χ2v) is 4.71. The lowest BCUT2D eigenvalue weighted by molar-refractivity contribution is -0.384. The van der Waals surface area contributed by atoms with E-state index in [1.54, 1.807) is 18.2 Å². The van der Waals surface area contributed by atoms with Gasteiger partial charge in [0, 0.05) is 30.9 Å². The molecule has 19 heavy (non-hydrogen) atoms. The van der Waals surface area contributed by atoms with Crippen molar-refractivity contribution in [2.24, 2.45) is 0 Å². The first-order valence-electron chi connectivity index (χ1n) is 6.34. The van der Waals surface area contributed by atoms with Gasteiger partial charge in [-0.05, 0) is 25.0 Å². The predicted molar refractivity (Wildman–Crippen MR) is 74.6 cm³/mol. The Morgan fingerprint density at radius 1 is 1.63 bits per heavy atom. The third kappa shape index (κ3) is 3.12. The molecule has 5 heteroatoms. The molecule has 1 aliphatic heterocycles. The van der Waals surface area contributed by atoms with E-state index in [0.29, 0.717) is 6.61 Å². The van der Waals surface area contributed by atoms with Gasteiger partial charge in [-0.3, -0.25) is 10.1 Å². The zero-order valence-electron chi connectivity index (χ0n) is 11.0. The molecule has 2 rings (SSSR count). The van der Waals surface area contributed by atoms with Crippen molar-refractivity contribution < 1.29 is 9.66 Å². The smallest absolute Gasteiger partial charge is 0.269 e. The molecule has 0 radical (unpaired) electrons. The quantitative estimate of drug-likeness (QED) is 0.465. The monoisotopic (exact) mass is 262 g/mol. The van der Waals surface area contributed by atoms with Crippen LogP contribution in [-0.4, -0.2) is 30.7 Å². The van der Waals surface area contributed by atoms with Gasteiger partial charge in [0.15, 0.2) is 0 Å². The van der Waals surface area contributed by atoms with Crippen LogP contribution in [0.15, 0.2) is 30.9 Å². The van der Waals surface area contributed by atoms with Gasteiger partial charge in [-0.1, -0.05) is 6.08 Å². The van der Waals surface area contributed by atoms with E-state index >= 15 is 0 Å². The van der Waals surface area contributed by atoms with Gasteiger partial charge in [0.25, 0.3) is 5.69 Å². The Morgan fingerprint density at radius 2 is 2.42 bits per heavy atom. The number of nitro benzene ring substituents is 1. The van der Waals surface area contributed by atoms with Gasteiger partial charge >= 0.3 is 0 Å². The molecule has 5 nitrogen and oxygen atoms in total. The molecule has 0 spiro atoms. The Bertz CT molecular complexity index is 488. The summed E-state index contributed by atoms with van der Waals surface area (Å²) in [5.41, 5.74) is 2.12. The number of non-ortho nitro benzene ring substituents is 1. The summed E-state index contributed by atoms with van der Waals surface area (Å²) >= 11 is 0. The molecular weight excluding hydrogens is 244 g/mol. The van der Waals surface area contributed by atoms with Crippen LogP contribution in [0.3, 0.4) is 0 Å². The van der Waals surface area contributed by atoms with E-state index in [4.69, 9.17) is 4.74 Å². The first kappa shape index (κ1) is 13.5. The number of nitro groups is 1. The fourth-order valence-electron chi connectivity index (χ4n) is 2.40. The van der Waals surface area contributed by atoms with Crippen LogP contribution in [-0.2, 0) is 4.74 Å². The van der Waals surface area contributed by atoms with Crippen LogP contribution in [0.4, 0.5) is 11.4 Å². The van der Waals surface area contributed by atoms with Crippen molar-refractivity contribution in [2.45, 2.75) is 19.4 Å². The van der Waals surface area contributed by atoms with E-state index in [9.17, 15) is 10.1 Å². The fourth-order valence-corrected chi connectivity index (χ4v) is 2.40. The number of benzene rings is 1. The Morgan fingerprint density at radius 3 is 3.05 bits per heavy atom. The molecule has 1 heterocycles. The number of hydrogen-bond acceptors (Lipinski definition) is 4. The summed E-state index contributed by atoms with van der Waals surface area (Å²) in [7, 11) is 0. The lowest BCUT2D eigenvalue weighted by Gasteiger charge is -2.20. The van der Waals surface area contributed by atoms with Gasteiger partial charge < -0.3 is 9.64 Å². The van der Waals surface area contributed by atoms with Crippen molar-refractivity contribution in [3.05, 3.63) is 46.5 Å². The number of rotatable bonds is 5. The zero-order chi connectivity index (χ0) is 13.8. The summed E-state index contributed by atoms with van der Waals surface area (Å²) in [6.45, 7) is 7.85. The number of hydrogen-bond donors (Lipinski definition) is 0. The van der Waals surface area contributed by atoms with Gasteiger partial charge in [0.1, 0.15) is 0 Å². The topological polar surface area (TPSA) is 55.6 Å². The number of nitrogens with zero attached hydrogens (tertiary/aromatic N) is 2. The third-order valence-electron chi connectivity index (χ3n) is 3.33. The highest BCUT2D eigenvalue weighted by Gasteiger charge is 2.24. The van der Waals surface area contributed by atoms with Crippen molar-refractivity contribution in [3.63, 3.8) is 0 Å². The van der Waals surface area contributed by atoms with Gasteiger partial charge in [0.2, 0.25) is 0 Å². The summed E-state index contributed by atoms with van der Waals surface area (Å²) in [4.78, 5) is 12.6. The standard InChI is InChI=1S/C14H18N2O3/c1-3-8-19-13-6-7-15(10-13)14-5-4-12(16(17)18)9-11(14)2/h3-5,9,13H,1,6-8,10H2,2H3. The first-order valence-corrected chi connectivity index (χ1v) is 6.34. The molecule has 0 aromatic heterocycles. The molecule has 0 aliphatic carbocycles. The lowest BCUT2D eigenvalue weighted by atomic mass is 10.1. The molecule has 0 N–H and O–H groups in total. The van der Waals surface area contributed by atoms with E-state index in [1.165, 1.54) is 0 Å². The summed E-state index contributed by atoms with van der Waals surface area (Å²) in [5, 5.41) is 10.7. The average Bonchev–Trinajstić information content (AvgIpc) is 2.84. The molecule has 0 amide bonds. The average molecular weight is 262 g/mol. The molecular formula is C14H18N2O3. The minimum atomic E-state index is -0.364. The van der Waals surface area contributed by atoms with Crippen molar-refractivity contribution >= 4 is 11.4 Å². The Labute approximate surface area is 112 Å². The van der Waals surface area contributed by atoms with Crippen molar-refractivity contribution in [1.29, 1.82) is 0 Å². The van der Waals surface area contributed by atoms with E-state index in [-0.39, 0.29) is 16.7 Å². The van der Waals surface area contributed by atoms with Gasteiger partial charge in [-0.25, -0.2) is 0 Å². The second kappa shape index (κ2) is 5.84. The van der Waals surface area contributed by atoms with Gasteiger partial charge in [0.05, 0.1) is 17.6 Å². The van der Waals surface area contributed by atoms with Crippen molar-refractivity contribution in [2.75, 3.05) is 24.6 Å². The van der Waals surface area contributed by atoms with E-state index < -0.39 is 0 Å². The maximum absolute atomic E-state index is 10.7. The highest BCUT2D eigenvalue weighted by atomic mass is 16.6. The van der Waals surface area contributed by atoms with Crippen LogP contribution in [0, 0.1) is 17.0 Å². The third-order valence-corrected chi connectivity index (χ3v) is 3.33. The number of ether oxygens (including phenoxy) is 1. The molecule has 1 aliphatic rings. The van der Waals surface area contributed by atoms with Crippen LogP contribution in [0.1, 0.15) is 12.0 Å². The molecule has 1 aromatic carbocycles. The minimum Gasteiger partial charge on any atom is -0.372 e. The molecule has 1 saturated heterocycles. The van der Waals surface area contributed by atoms with Crippen LogP contribution in [0.5, 0.6) is 0 Å². The highest BCUT2D eigenvalue weighted by molar-refractivity contribution is 5.58. The predicted octanol–water partition coefficient (Wildman–Crippen LogP) is 2.68. The molecule has 1 fully saturated rings. The van der Waals surface area contributed by atoms with Gasteiger partial charge in [-0.2, -0.15) is 0 Å². The van der Waals surface area contributed by atoms with E-state index in [1.807, 2.05) is 13.0 Å². The molecule has 1 aromatic rings. The summed E-state index contributed by atoms with van der Waals surface area (Å²) < 4.78 is 5.64. The fraction of sp³-hybridized carbons (Fsp3) is 0.429. The van der Waals surface area contributed by atoms with Crippen LogP contribution >= 0.6 is 0 Å². The Hall–Kier alpha value is -1.88. The van der Waals surface area contributed by atoms with Gasteiger partial charge in [-0.15, -0.1) is 6.58 Å². The minimum absolute atomic E-state index is 0.139. The van der Waals surface area contributed by atoms with Crippen molar-refractivity contribution in [1.82, 2.24) is 0 Å². The highest BCUT2D eigenvalue weighted by Crippen LogP contribution is 2.28. The summed E-state index contributed by atoms with van der Waals surface area (Å²) in [6.07, 6.45) is 2.94. The lowest BCUT2D eigenvalue weighted by Crippen LogP contribution is -2.23. The van der Waals surface area contributed by atoms with E-state index in [2.05, 4.69) is 11.5 Å². The Balaban J connectivity index is 2.07. The maximum atomic E-state index is 10.7. The second-order valence-electron chi connectivity index (χ2n) is 4.71. The molecule has 0 saturated carbocycles. The van der Waals surface area contributed by atoms with E-state index in [0.717, 1.165) is 30.8 Å². The molecule has 0 bridgehead atoms. The largest absolute Gasteiger partial charge is 0.372 e. The number of aryl methyl sites for hydroxylation is 1. The normalized spacial score (nSPS) is 18.6.